The highest BCUT2D eigenvalue weighted by molar-refractivity contribution is 7.08. The summed E-state index contributed by atoms with van der Waals surface area (Å²) in [6.45, 7) is 2.25. The summed E-state index contributed by atoms with van der Waals surface area (Å²) in [4.78, 5) is 0. The molecule has 2 aromatic carbocycles. The van der Waals surface area contributed by atoms with Crippen molar-refractivity contribution in [2.24, 2.45) is 0 Å². The fourth-order valence-corrected chi connectivity index (χ4v) is 3.40. The van der Waals surface area contributed by atoms with Crippen molar-refractivity contribution in [1.29, 1.82) is 0 Å². The summed E-state index contributed by atoms with van der Waals surface area (Å²) in [6.07, 6.45) is 0.473. The van der Waals surface area contributed by atoms with E-state index >= 15 is 0 Å². The van der Waals surface area contributed by atoms with E-state index in [9.17, 15) is 5.11 Å². The van der Waals surface area contributed by atoms with Crippen molar-refractivity contribution in [2.75, 3.05) is 19.7 Å². The molecule has 26 heavy (non-hydrogen) atoms. The zero-order valence-corrected chi connectivity index (χ0v) is 15.6. The molecule has 2 N–H and O–H groups in total. The molecule has 0 aliphatic rings. The van der Waals surface area contributed by atoms with Gasteiger partial charge in [-0.25, -0.2) is 0 Å². The molecule has 4 heteroatoms. The van der Waals surface area contributed by atoms with Crippen LogP contribution in [0.3, 0.4) is 0 Å². The number of ether oxygens (including phenoxy) is 1. The van der Waals surface area contributed by atoms with Gasteiger partial charge in [-0.3, -0.25) is 0 Å². The van der Waals surface area contributed by atoms with Gasteiger partial charge in [0.1, 0.15) is 0 Å². The first-order valence-electron chi connectivity index (χ1n) is 8.93. The summed E-state index contributed by atoms with van der Waals surface area (Å²) in [7, 11) is 0. The maximum Gasteiger partial charge on any atom is 0.0897 e. The van der Waals surface area contributed by atoms with Gasteiger partial charge in [-0.1, -0.05) is 54.6 Å². The second-order valence-corrected chi connectivity index (χ2v) is 7.10. The Bertz CT molecular complexity index is 742. The van der Waals surface area contributed by atoms with Crippen molar-refractivity contribution in [3.05, 3.63) is 82.6 Å². The number of hydrogen-bond acceptors (Lipinski definition) is 4. The molecule has 136 valence electrons. The van der Waals surface area contributed by atoms with E-state index in [4.69, 9.17) is 4.74 Å². The Labute approximate surface area is 159 Å². The van der Waals surface area contributed by atoms with Crippen LogP contribution in [0.15, 0.2) is 71.4 Å². The standard InChI is InChI=1S/C22H25NO2S/c24-22(14-23-12-10-18-4-2-1-3-5-18)16-25-15-19-6-8-20(9-7-19)21-11-13-26-17-21/h1-9,11,13,17,22-24H,10,12,14-16H2. The minimum Gasteiger partial charge on any atom is -0.389 e. The van der Waals surface area contributed by atoms with E-state index in [0.29, 0.717) is 19.8 Å². The topological polar surface area (TPSA) is 41.5 Å². The first-order chi connectivity index (χ1) is 12.8. The molecule has 0 fully saturated rings. The SMILES string of the molecule is OC(CNCCc1ccccc1)COCc1ccc(-c2ccsc2)cc1. The maximum atomic E-state index is 10.0. The van der Waals surface area contributed by atoms with Crippen LogP contribution in [-0.2, 0) is 17.8 Å². The fourth-order valence-electron chi connectivity index (χ4n) is 2.74. The molecule has 0 radical (unpaired) electrons. The molecule has 0 saturated carbocycles. The van der Waals surface area contributed by atoms with Gasteiger partial charge in [-0.05, 0) is 52.0 Å². The summed E-state index contributed by atoms with van der Waals surface area (Å²) < 4.78 is 5.64. The van der Waals surface area contributed by atoms with Gasteiger partial charge in [0.25, 0.3) is 0 Å². The monoisotopic (exact) mass is 367 g/mol. The molecule has 3 rings (SSSR count). The summed E-state index contributed by atoms with van der Waals surface area (Å²) in [5.74, 6) is 0. The van der Waals surface area contributed by atoms with E-state index in [0.717, 1.165) is 18.5 Å². The molecule has 0 saturated heterocycles. The van der Waals surface area contributed by atoms with Gasteiger partial charge in [-0.2, -0.15) is 11.3 Å². The Morgan fingerprint density at radius 2 is 1.73 bits per heavy atom. The van der Waals surface area contributed by atoms with E-state index in [-0.39, 0.29) is 0 Å². The summed E-state index contributed by atoms with van der Waals surface area (Å²) in [5.41, 5.74) is 4.89. The van der Waals surface area contributed by atoms with Crippen molar-refractivity contribution in [3.63, 3.8) is 0 Å². The highest BCUT2D eigenvalue weighted by Crippen LogP contribution is 2.22. The largest absolute Gasteiger partial charge is 0.389 e. The summed E-state index contributed by atoms with van der Waals surface area (Å²) >= 11 is 1.70. The zero-order chi connectivity index (χ0) is 18.0. The second kappa shape index (κ2) is 10.2. The van der Waals surface area contributed by atoms with Gasteiger partial charge in [0, 0.05) is 6.54 Å². The van der Waals surface area contributed by atoms with E-state index in [1.54, 1.807) is 11.3 Å². The molecule has 1 heterocycles. The zero-order valence-electron chi connectivity index (χ0n) is 14.8. The number of rotatable bonds is 10. The third kappa shape index (κ3) is 6.07. The van der Waals surface area contributed by atoms with Gasteiger partial charge >= 0.3 is 0 Å². The minimum absolute atomic E-state index is 0.338. The fraction of sp³-hybridized carbons (Fsp3) is 0.273. The van der Waals surface area contributed by atoms with Crippen molar-refractivity contribution in [3.8, 4) is 11.1 Å². The first kappa shape index (κ1) is 18.8. The molecular formula is C22H25NO2S. The van der Waals surface area contributed by atoms with Crippen LogP contribution in [0.2, 0.25) is 0 Å². The summed E-state index contributed by atoms with van der Waals surface area (Å²) in [5, 5.41) is 17.5. The van der Waals surface area contributed by atoms with Crippen LogP contribution in [0, 0.1) is 0 Å². The van der Waals surface area contributed by atoms with Crippen LogP contribution in [0.5, 0.6) is 0 Å². The quantitative estimate of drug-likeness (QED) is 0.530. The molecule has 3 nitrogen and oxygen atoms in total. The number of thiophene rings is 1. The Morgan fingerprint density at radius 1 is 0.923 bits per heavy atom. The Kier molecular flexibility index (Phi) is 7.40. The highest BCUT2D eigenvalue weighted by Gasteiger charge is 2.04. The third-order valence-electron chi connectivity index (χ3n) is 4.20. The van der Waals surface area contributed by atoms with E-state index in [1.165, 1.54) is 16.7 Å². The van der Waals surface area contributed by atoms with Gasteiger partial charge in [0.15, 0.2) is 0 Å². The van der Waals surface area contributed by atoms with Crippen LogP contribution in [0.4, 0.5) is 0 Å². The van der Waals surface area contributed by atoms with E-state index in [2.05, 4.69) is 58.5 Å². The Morgan fingerprint density at radius 3 is 2.46 bits per heavy atom. The highest BCUT2D eigenvalue weighted by atomic mass is 32.1. The van der Waals surface area contributed by atoms with E-state index in [1.807, 2.05) is 18.2 Å². The van der Waals surface area contributed by atoms with Crippen LogP contribution >= 0.6 is 11.3 Å². The number of hydrogen-bond donors (Lipinski definition) is 2. The van der Waals surface area contributed by atoms with Crippen molar-refractivity contribution in [2.45, 2.75) is 19.1 Å². The van der Waals surface area contributed by atoms with Crippen LogP contribution in [0.1, 0.15) is 11.1 Å². The molecule has 0 aliphatic carbocycles. The molecule has 1 unspecified atom stereocenters. The number of aliphatic hydroxyl groups is 1. The number of benzene rings is 2. The van der Waals surface area contributed by atoms with Crippen molar-refractivity contribution >= 4 is 11.3 Å². The van der Waals surface area contributed by atoms with Crippen LogP contribution in [-0.4, -0.2) is 30.9 Å². The maximum absolute atomic E-state index is 10.0. The molecule has 3 aromatic rings. The normalized spacial score (nSPS) is 12.2. The molecule has 1 atom stereocenters. The predicted octanol–water partition coefficient (Wildman–Crippen LogP) is 4.12. The van der Waals surface area contributed by atoms with E-state index < -0.39 is 6.10 Å². The Balaban J connectivity index is 1.30. The molecule has 0 aliphatic heterocycles. The smallest absolute Gasteiger partial charge is 0.0897 e. The molecule has 0 bridgehead atoms. The summed E-state index contributed by atoms with van der Waals surface area (Å²) in [6, 6.07) is 20.9. The number of nitrogens with one attached hydrogen (secondary N) is 1. The minimum atomic E-state index is -0.490. The van der Waals surface area contributed by atoms with Crippen LogP contribution < -0.4 is 5.32 Å². The molecular weight excluding hydrogens is 342 g/mol. The van der Waals surface area contributed by atoms with Gasteiger partial charge in [0.05, 0.1) is 19.3 Å². The molecule has 0 spiro atoms. The van der Waals surface area contributed by atoms with Gasteiger partial charge in [-0.15, -0.1) is 0 Å². The lowest BCUT2D eigenvalue weighted by atomic mass is 10.1. The molecule has 1 aromatic heterocycles. The lowest BCUT2D eigenvalue weighted by Crippen LogP contribution is -2.31. The number of aliphatic hydroxyl groups excluding tert-OH is 1. The first-order valence-corrected chi connectivity index (χ1v) is 9.87. The Hall–Kier alpha value is -1.98. The van der Waals surface area contributed by atoms with Crippen LogP contribution in [0.25, 0.3) is 11.1 Å². The second-order valence-electron chi connectivity index (χ2n) is 6.32. The lowest BCUT2D eigenvalue weighted by Gasteiger charge is -2.12. The average molecular weight is 368 g/mol. The van der Waals surface area contributed by atoms with Gasteiger partial charge in [0.2, 0.25) is 0 Å². The van der Waals surface area contributed by atoms with Crippen molar-refractivity contribution < 1.29 is 9.84 Å². The molecule has 0 amide bonds. The lowest BCUT2D eigenvalue weighted by molar-refractivity contribution is 0.0290. The predicted molar refractivity (Wildman–Crippen MR) is 108 cm³/mol. The van der Waals surface area contributed by atoms with Crippen molar-refractivity contribution in [1.82, 2.24) is 5.32 Å². The third-order valence-corrected chi connectivity index (χ3v) is 4.88. The average Bonchev–Trinajstić information content (AvgIpc) is 3.21. The van der Waals surface area contributed by atoms with Gasteiger partial charge < -0.3 is 15.2 Å².